The number of hydrogen-bond acceptors (Lipinski definition) is 3. The molecule has 0 bridgehead atoms. The van der Waals surface area contributed by atoms with Crippen LogP contribution in [0.25, 0.3) is 0 Å². The maximum Gasteiger partial charge on any atom is 0.272 e. The molecule has 0 aliphatic rings. The zero-order chi connectivity index (χ0) is 16.1. The summed E-state index contributed by atoms with van der Waals surface area (Å²) < 4.78 is 27.1. The summed E-state index contributed by atoms with van der Waals surface area (Å²) in [5, 5.41) is 2.63. The largest absolute Gasteiger partial charge is 0.349 e. The average Bonchev–Trinajstić information content (AvgIpc) is 2.53. The lowest BCUT2D eigenvalue weighted by Gasteiger charge is -2.18. The van der Waals surface area contributed by atoms with Crippen molar-refractivity contribution in [2.75, 3.05) is 18.4 Å². The molecule has 1 aromatic heterocycles. The number of halogens is 2. The molecule has 0 atom stereocenters. The van der Waals surface area contributed by atoms with Gasteiger partial charge in [0, 0.05) is 13.1 Å². The number of nitrogens with zero attached hydrogens (tertiary/aromatic N) is 2. The van der Waals surface area contributed by atoms with Gasteiger partial charge in [-0.3, -0.25) is 4.79 Å². The molecule has 1 amide bonds. The predicted octanol–water partition coefficient (Wildman–Crippen LogP) is 3.59. The SMILES string of the molecule is CCN(CC)C(=O)c1ccc(Nc2c(F)cccc2F)cn1. The monoisotopic (exact) mass is 305 g/mol. The van der Waals surface area contributed by atoms with Gasteiger partial charge in [-0.1, -0.05) is 6.07 Å². The van der Waals surface area contributed by atoms with Crippen LogP contribution in [0, 0.1) is 11.6 Å². The molecule has 0 fully saturated rings. The fraction of sp³-hybridized carbons (Fsp3) is 0.250. The molecule has 0 saturated heterocycles. The second kappa shape index (κ2) is 6.98. The van der Waals surface area contributed by atoms with Crippen molar-refractivity contribution in [3.05, 3.63) is 53.9 Å². The van der Waals surface area contributed by atoms with Crippen LogP contribution in [-0.2, 0) is 0 Å². The summed E-state index contributed by atoms with van der Waals surface area (Å²) in [6.07, 6.45) is 1.38. The minimum absolute atomic E-state index is 0.173. The van der Waals surface area contributed by atoms with Crippen molar-refractivity contribution in [3.8, 4) is 0 Å². The first-order valence-electron chi connectivity index (χ1n) is 7.03. The van der Waals surface area contributed by atoms with Gasteiger partial charge in [0.1, 0.15) is 23.0 Å². The van der Waals surface area contributed by atoms with E-state index < -0.39 is 11.6 Å². The van der Waals surface area contributed by atoms with Gasteiger partial charge in [-0.05, 0) is 38.1 Å². The van der Waals surface area contributed by atoms with Crippen LogP contribution in [0.2, 0.25) is 0 Å². The van der Waals surface area contributed by atoms with E-state index in [0.717, 1.165) is 12.1 Å². The van der Waals surface area contributed by atoms with Crippen molar-refractivity contribution < 1.29 is 13.6 Å². The average molecular weight is 305 g/mol. The quantitative estimate of drug-likeness (QED) is 0.918. The van der Waals surface area contributed by atoms with E-state index >= 15 is 0 Å². The van der Waals surface area contributed by atoms with E-state index in [1.54, 1.807) is 11.0 Å². The Morgan fingerprint density at radius 3 is 2.27 bits per heavy atom. The van der Waals surface area contributed by atoms with Gasteiger partial charge in [-0.15, -0.1) is 0 Å². The van der Waals surface area contributed by atoms with E-state index in [9.17, 15) is 13.6 Å². The molecule has 0 aliphatic carbocycles. The van der Waals surface area contributed by atoms with Crippen LogP contribution in [0.4, 0.5) is 20.2 Å². The van der Waals surface area contributed by atoms with Gasteiger partial charge in [0.25, 0.3) is 5.91 Å². The third kappa shape index (κ3) is 3.39. The molecule has 22 heavy (non-hydrogen) atoms. The lowest BCUT2D eigenvalue weighted by molar-refractivity contribution is 0.0767. The van der Waals surface area contributed by atoms with E-state index in [1.807, 2.05) is 13.8 Å². The van der Waals surface area contributed by atoms with Gasteiger partial charge >= 0.3 is 0 Å². The summed E-state index contributed by atoms with van der Waals surface area (Å²) in [6.45, 7) is 4.96. The topological polar surface area (TPSA) is 45.2 Å². The lowest BCUT2D eigenvalue weighted by Crippen LogP contribution is -2.31. The van der Waals surface area contributed by atoms with E-state index in [1.165, 1.54) is 18.3 Å². The van der Waals surface area contributed by atoms with Crippen molar-refractivity contribution in [3.63, 3.8) is 0 Å². The summed E-state index contributed by atoms with van der Waals surface area (Å²) in [5.41, 5.74) is 0.454. The number of para-hydroxylation sites is 1. The van der Waals surface area contributed by atoms with Gasteiger partial charge in [0.05, 0.1) is 11.9 Å². The first-order valence-corrected chi connectivity index (χ1v) is 7.03. The molecule has 4 nitrogen and oxygen atoms in total. The number of rotatable bonds is 5. The Balaban J connectivity index is 2.17. The first-order chi connectivity index (χ1) is 10.6. The molecule has 0 unspecified atom stereocenters. The number of pyridine rings is 1. The second-order valence-electron chi connectivity index (χ2n) is 4.63. The van der Waals surface area contributed by atoms with Crippen molar-refractivity contribution in [2.24, 2.45) is 0 Å². The summed E-state index contributed by atoms with van der Waals surface area (Å²) in [5.74, 6) is -1.56. The first kappa shape index (κ1) is 15.9. The van der Waals surface area contributed by atoms with Crippen molar-refractivity contribution >= 4 is 17.3 Å². The smallest absolute Gasteiger partial charge is 0.272 e. The normalized spacial score (nSPS) is 10.4. The summed E-state index contributed by atoms with van der Waals surface area (Å²) in [6, 6.07) is 6.71. The zero-order valence-corrected chi connectivity index (χ0v) is 12.4. The molecule has 1 aromatic carbocycles. The van der Waals surface area contributed by atoms with Crippen molar-refractivity contribution in [1.29, 1.82) is 0 Å². The van der Waals surface area contributed by atoms with Crippen LogP contribution in [0.5, 0.6) is 0 Å². The van der Waals surface area contributed by atoms with Crippen LogP contribution in [0.1, 0.15) is 24.3 Å². The standard InChI is InChI=1S/C16H17F2N3O/c1-3-21(4-2)16(22)14-9-8-11(10-19-14)20-15-12(17)6-5-7-13(15)18/h5-10,20H,3-4H2,1-2H3. The molecule has 2 rings (SSSR count). The molecule has 0 spiro atoms. The number of carbonyl (C=O) groups is 1. The fourth-order valence-electron chi connectivity index (χ4n) is 2.03. The minimum Gasteiger partial charge on any atom is -0.349 e. The van der Waals surface area contributed by atoms with Gasteiger partial charge < -0.3 is 10.2 Å². The minimum atomic E-state index is -0.691. The summed E-state index contributed by atoms with van der Waals surface area (Å²) in [4.78, 5) is 17.8. The fourth-order valence-corrected chi connectivity index (χ4v) is 2.03. The number of aromatic nitrogens is 1. The second-order valence-corrected chi connectivity index (χ2v) is 4.63. The third-order valence-corrected chi connectivity index (χ3v) is 3.27. The zero-order valence-electron chi connectivity index (χ0n) is 12.4. The van der Waals surface area contributed by atoms with E-state index in [0.29, 0.717) is 24.5 Å². The summed E-state index contributed by atoms with van der Waals surface area (Å²) in [7, 11) is 0. The Labute approximate surface area is 127 Å². The van der Waals surface area contributed by atoms with E-state index in [4.69, 9.17) is 0 Å². The van der Waals surface area contributed by atoms with Crippen LogP contribution in [0.3, 0.4) is 0 Å². The Bertz CT molecular complexity index is 635. The third-order valence-electron chi connectivity index (χ3n) is 3.27. The lowest BCUT2D eigenvalue weighted by atomic mass is 10.2. The highest BCUT2D eigenvalue weighted by atomic mass is 19.1. The molecular weight excluding hydrogens is 288 g/mol. The Morgan fingerprint density at radius 1 is 1.14 bits per heavy atom. The molecule has 0 saturated carbocycles. The van der Waals surface area contributed by atoms with Gasteiger partial charge in [-0.25, -0.2) is 13.8 Å². The van der Waals surface area contributed by atoms with Crippen molar-refractivity contribution in [1.82, 2.24) is 9.88 Å². The van der Waals surface area contributed by atoms with Crippen LogP contribution in [0.15, 0.2) is 36.5 Å². The Morgan fingerprint density at radius 2 is 1.77 bits per heavy atom. The highest BCUT2D eigenvalue weighted by Gasteiger charge is 2.14. The van der Waals surface area contributed by atoms with E-state index in [-0.39, 0.29) is 11.6 Å². The number of carbonyl (C=O) groups excluding carboxylic acids is 1. The van der Waals surface area contributed by atoms with E-state index in [2.05, 4.69) is 10.3 Å². The predicted molar refractivity (Wildman–Crippen MR) is 81.1 cm³/mol. The Hall–Kier alpha value is -2.50. The van der Waals surface area contributed by atoms with Gasteiger partial charge in [-0.2, -0.15) is 0 Å². The maximum atomic E-state index is 13.6. The number of nitrogens with one attached hydrogen (secondary N) is 1. The molecular formula is C16H17F2N3O. The highest BCUT2D eigenvalue weighted by Crippen LogP contribution is 2.22. The van der Waals surface area contributed by atoms with Crippen molar-refractivity contribution in [2.45, 2.75) is 13.8 Å². The van der Waals surface area contributed by atoms with Gasteiger partial charge in [0.2, 0.25) is 0 Å². The molecule has 0 aliphatic heterocycles. The number of amides is 1. The van der Waals surface area contributed by atoms with Crippen LogP contribution in [-0.4, -0.2) is 28.9 Å². The molecule has 6 heteroatoms. The molecule has 0 radical (unpaired) electrons. The Kier molecular flexibility index (Phi) is 5.04. The number of anilines is 2. The number of hydrogen-bond donors (Lipinski definition) is 1. The van der Waals surface area contributed by atoms with Gasteiger partial charge in [0.15, 0.2) is 0 Å². The molecule has 2 aromatic rings. The molecule has 116 valence electrons. The summed E-state index contributed by atoms with van der Waals surface area (Å²) >= 11 is 0. The molecule has 1 heterocycles. The van der Waals surface area contributed by atoms with Crippen LogP contribution < -0.4 is 5.32 Å². The number of benzene rings is 1. The maximum absolute atomic E-state index is 13.6. The molecule has 1 N–H and O–H groups in total. The van der Waals surface area contributed by atoms with Crippen LogP contribution >= 0.6 is 0 Å². The highest BCUT2D eigenvalue weighted by molar-refractivity contribution is 5.92.